The molecule has 0 atom stereocenters. The van der Waals surface area contributed by atoms with Crippen LogP contribution in [0.1, 0.15) is 4.88 Å². The van der Waals surface area contributed by atoms with Gasteiger partial charge in [-0.25, -0.2) is 9.97 Å². The molecule has 0 radical (unpaired) electrons. The fourth-order valence-corrected chi connectivity index (χ4v) is 6.55. The van der Waals surface area contributed by atoms with Crippen LogP contribution in [0.3, 0.4) is 0 Å². The van der Waals surface area contributed by atoms with Gasteiger partial charge in [0.2, 0.25) is 11.8 Å². The number of hydrogen-bond acceptors (Lipinski definition) is 10. The summed E-state index contributed by atoms with van der Waals surface area (Å²) in [6.07, 6.45) is 5.09. The highest BCUT2D eigenvalue weighted by atomic mass is 32.1. The number of benzene rings is 1. The van der Waals surface area contributed by atoms with Crippen LogP contribution in [-0.2, 0) is 20.9 Å². The standard InChI is InChI=1S/C30H37N9O3S/c1-36(2)8-4-7-26(40)31-19-27(41)38-11-9-37(10-12-38)20-21-17-25-28(43-21)30(39-13-15-42-16-14-39)34-29(33-25)22-5-3-6-24-23(22)18-32-35-24/h3-7,17-18H,8-16,19-20H2,1-2H3,(H,31,40)(H,32,35)/b7-4+. The zero-order valence-corrected chi connectivity index (χ0v) is 25.4. The van der Waals surface area contributed by atoms with E-state index in [9.17, 15) is 9.59 Å². The molecule has 2 aliphatic rings. The Bertz CT molecular complexity index is 1620. The number of carbonyl (C=O) groups excluding carboxylic acids is 2. The molecule has 0 unspecified atom stereocenters. The predicted molar refractivity (Wildman–Crippen MR) is 168 cm³/mol. The number of hydrogen-bond donors (Lipinski definition) is 2. The number of thiophene rings is 1. The topological polar surface area (TPSA) is 123 Å². The summed E-state index contributed by atoms with van der Waals surface area (Å²) in [5.41, 5.74) is 2.85. The highest BCUT2D eigenvalue weighted by molar-refractivity contribution is 7.19. The monoisotopic (exact) mass is 603 g/mol. The van der Waals surface area contributed by atoms with E-state index in [1.54, 1.807) is 17.4 Å². The summed E-state index contributed by atoms with van der Waals surface area (Å²) >= 11 is 1.74. The van der Waals surface area contributed by atoms with E-state index in [0.29, 0.717) is 38.7 Å². The fraction of sp³-hybridized carbons (Fsp3) is 0.433. The molecule has 3 aromatic heterocycles. The van der Waals surface area contributed by atoms with Gasteiger partial charge in [0.25, 0.3) is 0 Å². The Balaban J connectivity index is 1.13. The molecule has 43 heavy (non-hydrogen) atoms. The van der Waals surface area contributed by atoms with E-state index in [-0.39, 0.29) is 18.4 Å². The van der Waals surface area contributed by atoms with Gasteiger partial charge in [-0.05, 0) is 26.2 Å². The van der Waals surface area contributed by atoms with Gasteiger partial charge >= 0.3 is 0 Å². The second kappa shape index (κ2) is 13.2. The van der Waals surface area contributed by atoms with E-state index in [2.05, 4.69) is 31.4 Å². The third-order valence-electron chi connectivity index (χ3n) is 7.70. The summed E-state index contributed by atoms with van der Waals surface area (Å²) in [6.45, 7) is 7.21. The van der Waals surface area contributed by atoms with Crippen molar-refractivity contribution in [3.05, 3.63) is 47.5 Å². The molecule has 0 saturated carbocycles. The van der Waals surface area contributed by atoms with Gasteiger partial charge in [-0.15, -0.1) is 11.3 Å². The van der Waals surface area contributed by atoms with E-state index < -0.39 is 0 Å². The van der Waals surface area contributed by atoms with Gasteiger partial charge in [-0.2, -0.15) is 5.10 Å². The Morgan fingerprint density at radius 3 is 2.72 bits per heavy atom. The molecule has 2 aliphatic heterocycles. The molecule has 2 N–H and O–H groups in total. The zero-order valence-electron chi connectivity index (χ0n) is 24.6. The first kappa shape index (κ1) is 29.2. The van der Waals surface area contributed by atoms with Crippen molar-refractivity contribution in [1.29, 1.82) is 0 Å². The summed E-state index contributed by atoms with van der Waals surface area (Å²) in [7, 11) is 3.87. The maximum atomic E-state index is 12.7. The summed E-state index contributed by atoms with van der Waals surface area (Å²) in [5, 5.41) is 11.0. The molecule has 6 rings (SSSR count). The number of amides is 2. The van der Waals surface area contributed by atoms with Gasteiger partial charge in [0.1, 0.15) is 0 Å². The van der Waals surface area contributed by atoms with Crippen LogP contribution in [0, 0.1) is 0 Å². The summed E-state index contributed by atoms with van der Waals surface area (Å²) in [6, 6.07) is 8.23. The van der Waals surface area contributed by atoms with Gasteiger partial charge in [0.05, 0.1) is 41.7 Å². The third kappa shape index (κ3) is 6.85. The molecule has 0 spiro atoms. The zero-order chi connectivity index (χ0) is 29.8. The number of aromatic nitrogens is 4. The molecule has 1 aromatic carbocycles. The van der Waals surface area contributed by atoms with Crippen LogP contribution in [0.25, 0.3) is 32.5 Å². The number of ether oxygens (including phenoxy) is 1. The highest BCUT2D eigenvalue weighted by Gasteiger charge is 2.24. The van der Waals surface area contributed by atoms with Crippen LogP contribution in [0.2, 0.25) is 0 Å². The molecule has 13 heteroatoms. The summed E-state index contributed by atoms with van der Waals surface area (Å²) < 4.78 is 6.71. The number of nitrogens with zero attached hydrogens (tertiary/aromatic N) is 7. The first-order valence-electron chi connectivity index (χ1n) is 14.6. The lowest BCUT2D eigenvalue weighted by atomic mass is 10.1. The Kier molecular flexibility index (Phi) is 8.93. The van der Waals surface area contributed by atoms with Crippen molar-refractivity contribution in [3.8, 4) is 11.4 Å². The predicted octanol–water partition coefficient (Wildman–Crippen LogP) is 1.95. The Labute approximate surface area is 254 Å². The molecule has 4 aromatic rings. The van der Waals surface area contributed by atoms with Crippen molar-refractivity contribution in [2.75, 3.05) is 84.6 Å². The van der Waals surface area contributed by atoms with Gasteiger partial charge in [0, 0.05) is 74.3 Å². The summed E-state index contributed by atoms with van der Waals surface area (Å²) in [4.78, 5) is 44.5. The Morgan fingerprint density at radius 1 is 1.12 bits per heavy atom. The third-order valence-corrected chi connectivity index (χ3v) is 8.80. The van der Waals surface area contributed by atoms with Gasteiger partial charge in [-0.3, -0.25) is 19.6 Å². The van der Waals surface area contributed by atoms with Crippen molar-refractivity contribution >= 4 is 50.1 Å². The van der Waals surface area contributed by atoms with Crippen molar-refractivity contribution in [2.45, 2.75) is 6.54 Å². The van der Waals surface area contributed by atoms with Crippen molar-refractivity contribution < 1.29 is 14.3 Å². The van der Waals surface area contributed by atoms with Crippen LogP contribution in [0.15, 0.2) is 42.6 Å². The average Bonchev–Trinajstić information content (AvgIpc) is 3.67. The van der Waals surface area contributed by atoms with Crippen LogP contribution in [-0.4, -0.2) is 126 Å². The molecule has 0 aliphatic carbocycles. The van der Waals surface area contributed by atoms with Crippen LogP contribution in [0.4, 0.5) is 5.82 Å². The number of likely N-dealkylation sites (N-methyl/N-ethyl adjacent to an activating group) is 1. The van der Waals surface area contributed by atoms with Crippen molar-refractivity contribution in [3.63, 3.8) is 0 Å². The lowest BCUT2D eigenvalue weighted by molar-refractivity contribution is -0.133. The number of aromatic amines is 1. The van der Waals surface area contributed by atoms with Gasteiger partial charge in [-0.1, -0.05) is 18.2 Å². The number of anilines is 1. The Morgan fingerprint density at radius 2 is 1.93 bits per heavy atom. The smallest absolute Gasteiger partial charge is 0.244 e. The van der Waals surface area contributed by atoms with Gasteiger partial charge in [0.15, 0.2) is 11.6 Å². The number of rotatable bonds is 9. The minimum absolute atomic E-state index is 0.0132. The van der Waals surface area contributed by atoms with Crippen LogP contribution in [0.5, 0.6) is 0 Å². The molecular weight excluding hydrogens is 566 g/mol. The van der Waals surface area contributed by atoms with E-state index >= 15 is 0 Å². The number of piperazine rings is 1. The lowest BCUT2D eigenvalue weighted by Gasteiger charge is -2.34. The van der Waals surface area contributed by atoms with Crippen LogP contribution >= 0.6 is 11.3 Å². The molecule has 5 heterocycles. The molecule has 2 saturated heterocycles. The second-order valence-corrected chi connectivity index (χ2v) is 12.2. The van der Waals surface area contributed by atoms with E-state index in [0.717, 1.165) is 65.2 Å². The quantitative estimate of drug-likeness (QED) is 0.277. The van der Waals surface area contributed by atoms with E-state index in [1.807, 2.05) is 48.3 Å². The first-order valence-corrected chi connectivity index (χ1v) is 15.4. The highest BCUT2D eigenvalue weighted by Crippen LogP contribution is 2.36. The molecule has 0 bridgehead atoms. The SMILES string of the molecule is CN(C)C/C=C/C(=O)NCC(=O)N1CCN(Cc2cc3nc(-c4cccc5[nH]ncc45)nc(N4CCOCC4)c3s2)CC1. The number of nitrogens with one attached hydrogen (secondary N) is 2. The molecule has 2 fully saturated rings. The minimum atomic E-state index is -0.247. The second-order valence-electron chi connectivity index (χ2n) is 11.1. The van der Waals surface area contributed by atoms with Crippen molar-refractivity contribution in [2.24, 2.45) is 0 Å². The summed E-state index contributed by atoms with van der Waals surface area (Å²) in [5.74, 6) is 1.34. The molecule has 226 valence electrons. The normalized spacial score (nSPS) is 16.6. The minimum Gasteiger partial charge on any atom is -0.378 e. The average molecular weight is 604 g/mol. The molecular formula is C30H37N9O3S. The maximum absolute atomic E-state index is 12.7. The van der Waals surface area contributed by atoms with E-state index in [4.69, 9.17) is 14.7 Å². The number of morpholine rings is 1. The molecule has 2 amide bonds. The number of carbonyl (C=O) groups is 2. The lowest BCUT2D eigenvalue weighted by Crippen LogP contribution is -2.50. The van der Waals surface area contributed by atoms with Crippen LogP contribution < -0.4 is 10.2 Å². The molecule has 12 nitrogen and oxygen atoms in total. The van der Waals surface area contributed by atoms with E-state index in [1.165, 1.54) is 11.0 Å². The fourth-order valence-electron chi connectivity index (χ4n) is 5.40. The maximum Gasteiger partial charge on any atom is 0.244 e. The van der Waals surface area contributed by atoms with Gasteiger partial charge < -0.3 is 24.8 Å². The largest absolute Gasteiger partial charge is 0.378 e. The number of fused-ring (bicyclic) bond motifs is 2. The van der Waals surface area contributed by atoms with Crippen molar-refractivity contribution in [1.82, 2.24) is 40.2 Å². The first-order chi connectivity index (χ1) is 20.9. The Hall–Kier alpha value is -3.91. The number of H-pyrrole nitrogens is 1.